The molecule has 0 saturated heterocycles. The molecule has 1 aromatic carbocycles. The average Bonchev–Trinajstić information content (AvgIpc) is 2.75. The summed E-state index contributed by atoms with van der Waals surface area (Å²) in [5.41, 5.74) is 9.70. The van der Waals surface area contributed by atoms with E-state index in [2.05, 4.69) is 10.0 Å². The molecule has 2 rings (SSSR count). The highest BCUT2D eigenvalue weighted by Gasteiger charge is 2.00. The average molecular weight is 219 g/mol. The first-order chi connectivity index (χ1) is 7.31. The zero-order valence-electron chi connectivity index (χ0n) is 7.71. The molecule has 0 spiro atoms. The topological polar surface area (TPSA) is 53.7 Å². The predicted octanol–water partition coefficient (Wildman–Crippen LogP) is 4.07. The zero-order chi connectivity index (χ0) is 10.7. The summed E-state index contributed by atoms with van der Waals surface area (Å²) in [6.45, 7) is 0. The zero-order valence-corrected chi connectivity index (χ0v) is 8.46. The van der Waals surface area contributed by atoms with Crippen molar-refractivity contribution in [3.63, 3.8) is 0 Å². The molecule has 1 aromatic heterocycles. The van der Waals surface area contributed by atoms with Gasteiger partial charge in [-0.15, -0.1) is 0 Å². The lowest BCUT2D eigenvalue weighted by atomic mass is 10.3. The minimum atomic E-state index is 0.436. The summed E-state index contributed by atoms with van der Waals surface area (Å²) in [5, 5.41) is 3.96. The molecule has 1 heterocycles. The lowest BCUT2D eigenvalue weighted by Gasteiger charge is -2.04. The van der Waals surface area contributed by atoms with Crippen LogP contribution in [-0.2, 0) is 0 Å². The Morgan fingerprint density at radius 2 is 2.00 bits per heavy atom. The van der Waals surface area contributed by atoms with Gasteiger partial charge in [0.25, 0.3) is 0 Å². The summed E-state index contributed by atoms with van der Waals surface area (Å²) in [6, 6.07) is 9.14. The highest BCUT2D eigenvalue weighted by atomic mass is 35.5. The maximum Gasteiger partial charge on any atom is 0.0582 e. The molecule has 0 aliphatic rings. The normalized spacial score (nSPS) is 9.67. The van der Waals surface area contributed by atoms with Crippen LogP contribution in [0, 0.1) is 0 Å². The fourth-order valence-electron chi connectivity index (χ4n) is 1.29. The lowest BCUT2D eigenvalue weighted by Crippen LogP contribution is -1.88. The van der Waals surface area contributed by atoms with Crippen molar-refractivity contribution in [2.45, 2.75) is 0 Å². The Kier molecular flexibility index (Phi) is 2.63. The van der Waals surface area contributed by atoms with Crippen LogP contribution in [0.15, 0.2) is 47.8 Å². The van der Waals surface area contributed by atoms with Crippen LogP contribution in [0.1, 0.15) is 0 Å². The molecule has 0 atom stereocenters. The molecule has 0 unspecified atom stereocenters. The van der Waals surface area contributed by atoms with Crippen molar-refractivity contribution in [1.29, 1.82) is 0 Å². The molecule has 0 bridgehead atoms. The van der Waals surface area contributed by atoms with Crippen LogP contribution in [0.2, 0.25) is 5.02 Å². The standard InChI is InChI=1S/C10H7ClN4/c11-9-4-3-8(7-10(9)13-14-12)15-5-1-2-6-15/h1-7H. The highest BCUT2D eigenvalue weighted by Crippen LogP contribution is 2.27. The van der Waals surface area contributed by atoms with Gasteiger partial charge in [-0.05, 0) is 35.9 Å². The molecule has 0 radical (unpaired) electrons. The van der Waals surface area contributed by atoms with Crippen molar-refractivity contribution in [2.75, 3.05) is 0 Å². The molecule has 0 N–H and O–H groups in total. The summed E-state index contributed by atoms with van der Waals surface area (Å²) in [5.74, 6) is 0. The SMILES string of the molecule is [N-]=[N+]=Nc1cc(-n2cccc2)ccc1Cl. The third-order valence-corrected chi connectivity index (χ3v) is 2.30. The quantitative estimate of drug-likeness (QED) is 0.415. The van der Waals surface area contributed by atoms with Gasteiger partial charge in [0.15, 0.2) is 0 Å². The maximum atomic E-state index is 8.36. The smallest absolute Gasteiger partial charge is 0.0582 e. The number of nitrogens with zero attached hydrogens (tertiary/aromatic N) is 4. The number of aromatic nitrogens is 1. The Balaban J connectivity index is 2.52. The second-order valence-corrected chi connectivity index (χ2v) is 3.32. The van der Waals surface area contributed by atoms with Crippen LogP contribution < -0.4 is 0 Å². The molecule has 0 aliphatic heterocycles. The van der Waals surface area contributed by atoms with Gasteiger partial charge in [-0.25, -0.2) is 0 Å². The van der Waals surface area contributed by atoms with E-state index >= 15 is 0 Å². The van der Waals surface area contributed by atoms with E-state index in [9.17, 15) is 0 Å². The molecule has 0 fully saturated rings. The molecule has 0 amide bonds. The van der Waals surface area contributed by atoms with E-state index in [1.54, 1.807) is 12.1 Å². The second-order valence-electron chi connectivity index (χ2n) is 2.92. The van der Waals surface area contributed by atoms with E-state index in [0.29, 0.717) is 10.7 Å². The Hall–Kier alpha value is -1.90. The summed E-state index contributed by atoms with van der Waals surface area (Å²) < 4.78 is 1.91. The van der Waals surface area contributed by atoms with E-state index in [-0.39, 0.29) is 0 Å². The molecule has 4 nitrogen and oxygen atoms in total. The summed E-state index contributed by atoms with van der Waals surface area (Å²) in [6.07, 6.45) is 3.81. The second kappa shape index (κ2) is 4.09. The van der Waals surface area contributed by atoms with Gasteiger partial charge in [-0.3, -0.25) is 0 Å². The van der Waals surface area contributed by atoms with Crippen LogP contribution in [-0.4, -0.2) is 4.57 Å². The Morgan fingerprint density at radius 1 is 1.27 bits per heavy atom. The molecular weight excluding hydrogens is 212 g/mol. The van der Waals surface area contributed by atoms with Crippen molar-refractivity contribution in [3.05, 3.63) is 58.2 Å². The van der Waals surface area contributed by atoms with E-state index < -0.39 is 0 Å². The lowest BCUT2D eigenvalue weighted by molar-refractivity contribution is 1.08. The molecule has 0 saturated carbocycles. The number of azide groups is 1. The van der Waals surface area contributed by atoms with Crippen molar-refractivity contribution < 1.29 is 0 Å². The first-order valence-electron chi connectivity index (χ1n) is 4.29. The summed E-state index contributed by atoms with van der Waals surface area (Å²) in [4.78, 5) is 2.72. The number of rotatable bonds is 2. The van der Waals surface area contributed by atoms with Crippen LogP contribution in [0.4, 0.5) is 5.69 Å². The van der Waals surface area contributed by atoms with Gasteiger partial charge in [-0.2, -0.15) is 0 Å². The Bertz CT molecular complexity index is 512. The maximum absolute atomic E-state index is 8.36. The largest absolute Gasteiger partial charge is 0.324 e. The fourth-order valence-corrected chi connectivity index (χ4v) is 1.45. The first-order valence-corrected chi connectivity index (χ1v) is 4.67. The van der Waals surface area contributed by atoms with Gasteiger partial charge in [0.1, 0.15) is 0 Å². The Labute approximate surface area is 91.3 Å². The molecular formula is C10H7ClN4. The predicted molar refractivity (Wildman–Crippen MR) is 59.6 cm³/mol. The van der Waals surface area contributed by atoms with Crippen molar-refractivity contribution >= 4 is 17.3 Å². The van der Waals surface area contributed by atoms with Crippen molar-refractivity contribution in [3.8, 4) is 5.69 Å². The van der Waals surface area contributed by atoms with Crippen molar-refractivity contribution in [1.82, 2.24) is 4.57 Å². The molecule has 74 valence electrons. The number of halogens is 1. The number of hydrogen-bond acceptors (Lipinski definition) is 1. The van der Waals surface area contributed by atoms with E-state index in [1.807, 2.05) is 35.2 Å². The Morgan fingerprint density at radius 3 is 2.67 bits per heavy atom. The summed E-state index contributed by atoms with van der Waals surface area (Å²) >= 11 is 5.86. The fraction of sp³-hybridized carbons (Fsp3) is 0. The minimum Gasteiger partial charge on any atom is -0.324 e. The van der Waals surface area contributed by atoms with Crippen LogP contribution >= 0.6 is 11.6 Å². The first kappa shape index (κ1) is 9.65. The van der Waals surface area contributed by atoms with E-state index in [1.165, 1.54) is 0 Å². The molecule has 5 heteroatoms. The van der Waals surface area contributed by atoms with E-state index in [0.717, 1.165) is 5.69 Å². The molecule has 0 aliphatic carbocycles. The third-order valence-electron chi connectivity index (χ3n) is 1.98. The van der Waals surface area contributed by atoms with Gasteiger partial charge >= 0.3 is 0 Å². The highest BCUT2D eigenvalue weighted by molar-refractivity contribution is 6.33. The monoisotopic (exact) mass is 218 g/mol. The minimum absolute atomic E-state index is 0.436. The van der Waals surface area contributed by atoms with Gasteiger partial charge in [0.05, 0.1) is 10.7 Å². The van der Waals surface area contributed by atoms with E-state index in [4.69, 9.17) is 17.1 Å². The van der Waals surface area contributed by atoms with Gasteiger partial charge in [-0.1, -0.05) is 16.7 Å². The van der Waals surface area contributed by atoms with Crippen LogP contribution in [0.3, 0.4) is 0 Å². The van der Waals surface area contributed by atoms with Gasteiger partial charge in [0, 0.05) is 23.0 Å². The van der Waals surface area contributed by atoms with Crippen LogP contribution in [0.25, 0.3) is 16.1 Å². The molecule has 2 aromatic rings. The number of benzene rings is 1. The summed E-state index contributed by atoms with van der Waals surface area (Å²) in [7, 11) is 0. The number of hydrogen-bond donors (Lipinski definition) is 0. The van der Waals surface area contributed by atoms with Crippen molar-refractivity contribution in [2.24, 2.45) is 5.11 Å². The van der Waals surface area contributed by atoms with Crippen LogP contribution in [0.5, 0.6) is 0 Å². The van der Waals surface area contributed by atoms with Gasteiger partial charge in [0.2, 0.25) is 0 Å². The van der Waals surface area contributed by atoms with Gasteiger partial charge < -0.3 is 4.57 Å². The third kappa shape index (κ3) is 1.96. The molecule has 15 heavy (non-hydrogen) atoms.